The van der Waals surface area contributed by atoms with Gasteiger partial charge in [0.05, 0.1) is 0 Å². The zero-order valence-electron chi connectivity index (χ0n) is 3.51. The molecule has 0 aliphatic heterocycles. The van der Waals surface area contributed by atoms with E-state index in [1.54, 1.807) is 0 Å². The van der Waals surface area contributed by atoms with Crippen molar-refractivity contribution in [3.05, 3.63) is 0 Å². The minimum absolute atomic E-state index is 0.731. The molecular weight excluding hydrogens is 83.0 g/mol. The fraction of sp³-hybridized carbons (Fsp3) is 0.667. The van der Waals surface area contributed by atoms with Gasteiger partial charge in [-0.1, -0.05) is 0 Å². The van der Waals surface area contributed by atoms with Crippen molar-refractivity contribution in [2.45, 2.75) is 13.0 Å². The number of aliphatic carboxylic acids is 1. The topological polar surface area (TPSA) is 63.3 Å². The van der Waals surface area contributed by atoms with Crippen LogP contribution < -0.4 is 5.73 Å². The molecule has 0 saturated carbocycles. The lowest BCUT2D eigenvalue weighted by Crippen LogP contribution is -2.25. The second-order valence-corrected chi connectivity index (χ2v) is 1.13. The van der Waals surface area contributed by atoms with E-state index in [0.29, 0.717) is 0 Å². The van der Waals surface area contributed by atoms with Crippen LogP contribution >= 0.6 is 0 Å². The summed E-state index contributed by atoms with van der Waals surface area (Å²) in [6.45, 7) is 1.42. The molecule has 0 aliphatic carbocycles. The predicted molar refractivity (Wildman–Crippen MR) is 21.3 cm³/mol. The van der Waals surface area contributed by atoms with E-state index in [2.05, 4.69) is 0 Å². The summed E-state index contributed by atoms with van der Waals surface area (Å²) in [7, 11) is 0. The predicted octanol–water partition coefficient (Wildman–Crippen LogP) is -0.582. The second-order valence-electron chi connectivity index (χ2n) is 1.13. The third kappa shape index (κ3) is 1.72. The van der Waals surface area contributed by atoms with Crippen LogP contribution in [0.4, 0.5) is 0 Å². The van der Waals surface area contributed by atoms with Gasteiger partial charge in [0, 0.05) is 0 Å². The van der Waals surface area contributed by atoms with Gasteiger partial charge in [-0.3, -0.25) is 4.79 Å². The zero-order valence-corrected chi connectivity index (χ0v) is 3.51. The van der Waals surface area contributed by atoms with Gasteiger partial charge in [0.2, 0.25) is 0 Å². The molecule has 0 aromatic rings. The third-order valence-corrected chi connectivity index (χ3v) is 0.390. The van der Waals surface area contributed by atoms with Gasteiger partial charge >= 0.3 is 5.97 Å². The number of nitrogens with two attached hydrogens (primary N) is 1. The number of carboxylic acid groups (broad SMARTS) is 1. The largest absolute Gasteiger partial charge is 0.480 e. The first-order valence-corrected chi connectivity index (χ1v) is 1.63. The van der Waals surface area contributed by atoms with E-state index in [1.807, 2.05) is 0 Å². The lowest BCUT2D eigenvalue weighted by Gasteiger charge is -1.90. The number of rotatable bonds is 1. The van der Waals surface area contributed by atoms with Crippen LogP contribution in [0.15, 0.2) is 0 Å². The molecule has 0 heterocycles. The van der Waals surface area contributed by atoms with Crippen molar-refractivity contribution >= 4 is 5.97 Å². The average Bonchev–Trinajstić information content (AvgIpc) is 1.36. The van der Waals surface area contributed by atoms with Crippen LogP contribution in [0.3, 0.4) is 0 Å². The normalized spacial score (nSPS) is 13.7. The minimum atomic E-state index is -0.963. The zero-order chi connectivity index (χ0) is 5.15. The molecule has 0 aliphatic rings. The highest BCUT2D eigenvalue weighted by Crippen LogP contribution is 1.68. The van der Waals surface area contributed by atoms with Gasteiger partial charge in [-0.25, -0.2) is 0 Å². The van der Waals surface area contributed by atoms with Crippen molar-refractivity contribution in [3.8, 4) is 0 Å². The number of carbonyl (C=O) groups is 1. The van der Waals surface area contributed by atoms with E-state index in [1.165, 1.54) is 6.92 Å². The quantitative estimate of drug-likeness (QED) is 0.423. The summed E-state index contributed by atoms with van der Waals surface area (Å²) in [6.07, 6.45) is 0. The molecule has 0 radical (unpaired) electrons. The molecule has 3 nitrogen and oxygen atoms in total. The molecule has 0 rings (SSSR count). The van der Waals surface area contributed by atoms with Crippen LogP contribution in [0.1, 0.15) is 6.92 Å². The maximum Gasteiger partial charge on any atom is 0.320 e. The van der Waals surface area contributed by atoms with Gasteiger partial charge in [0.15, 0.2) is 0 Å². The van der Waals surface area contributed by atoms with Crippen LogP contribution in [0.5, 0.6) is 0 Å². The van der Waals surface area contributed by atoms with Crippen LogP contribution in [0.2, 0.25) is 0 Å². The Bertz CT molecular complexity index is 59.8. The van der Waals surface area contributed by atoms with Crippen LogP contribution in [0.25, 0.3) is 0 Å². The molecule has 0 aromatic heterocycles. The summed E-state index contributed by atoms with van der Waals surface area (Å²) in [6, 6.07) is -0.731. The molecule has 36 valence electrons. The lowest BCUT2D eigenvalue weighted by molar-refractivity contribution is -0.138. The molecule has 0 unspecified atom stereocenters. The Kier molecular flexibility index (Phi) is 1.60. The van der Waals surface area contributed by atoms with Crippen molar-refractivity contribution < 1.29 is 9.90 Å². The van der Waals surface area contributed by atoms with Crippen molar-refractivity contribution in [1.29, 1.82) is 0 Å². The highest BCUT2D eigenvalue weighted by molar-refractivity contribution is 5.72. The molecule has 0 saturated heterocycles. The summed E-state index contributed by atoms with van der Waals surface area (Å²) in [5.41, 5.74) is 4.84. The number of hydrogen-bond donors (Lipinski definition) is 2. The van der Waals surface area contributed by atoms with E-state index in [9.17, 15) is 4.79 Å². The summed E-state index contributed by atoms with van der Waals surface area (Å²) in [5, 5.41) is 7.87. The monoisotopic (exact) mass is 90.1 g/mol. The standard InChI is InChI=1S/C3H7NO2/c1-2(4)3(5)6/h2H,4H2,1H3,(H,5,6)/t2-/m0/s1/i1+1. The van der Waals surface area contributed by atoms with Gasteiger partial charge in [0.1, 0.15) is 6.04 Å². The number of hydrogen-bond acceptors (Lipinski definition) is 2. The van der Waals surface area contributed by atoms with Gasteiger partial charge in [0.25, 0.3) is 0 Å². The average molecular weight is 90.1 g/mol. The smallest absolute Gasteiger partial charge is 0.320 e. The SMILES string of the molecule is [13CH3][C@H](N)C(=O)O. The summed E-state index contributed by atoms with van der Waals surface area (Å²) >= 11 is 0. The summed E-state index contributed by atoms with van der Waals surface area (Å²) < 4.78 is 0. The van der Waals surface area contributed by atoms with E-state index in [-0.39, 0.29) is 0 Å². The Labute approximate surface area is 35.8 Å². The molecule has 3 heteroatoms. The van der Waals surface area contributed by atoms with Crippen molar-refractivity contribution in [2.24, 2.45) is 5.73 Å². The van der Waals surface area contributed by atoms with Gasteiger partial charge < -0.3 is 10.8 Å². The van der Waals surface area contributed by atoms with Crippen LogP contribution in [-0.4, -0.2) is 17.1 Å². The molecule has 0 spiro atoms. The fourth-order valence-corrected chi connectivity index (χ4v) is 0. The van der Waals surface area contributed by atoms with E-state index >= 15 is 0 Å². The lowest BCUT2D eigenvalue weighted by atomic mass is 10.5. The molecule has 3 N–H and O–H groups in total. The van der Waals surface area contributed by atoms with E-state index in [0.717, 1.165) is 0 Å². The first-order chi connectivity index (χ1) is 2.64. The van der Waals surface area contributed by atoms with Gasteiger partial charge in [-0.2, -0.15) is 0 Å². The molecule has 0 fully saturated rings. The van der Waals surface area contributed by atoms with E-state index < -0.39 is 12.0 Å². The minimum Gasteiger partial charge on any atom is -0.480 e. The molecule has 6 heavy (non-hydrogen) atoms. The molecule has 0 bridgehead atoms. The van der Waals surface area contributed by atoms with Gasteiger partial charge in [-0.15, -0.1) is 0 Å². The molecule has 1 atom stereocenters. The van der Waals surface area contributed by atoms with Crippen molar-refractivity contribution in [2.75, 3.05) is 0 Å². The van der Waals surface area contributed by atoms with Crippen molar-refractivity contribution in [3.63, 3.8) is 0 Å². The highest BCUT2D eigenvalue weighted by atomic mass is 16.4. The number of carboxylic acids is 1. The maximum absolute atomic E-state index is 9.57. The first-order valence-electron chi connectivity index (χ1n) is 1.63. The molecule has 0 amide bonds. The van der Waals surface area contributed by atoms with E-state index in [4.69, 9.17) is 10.8 Å². The second kappa shape index (κ2) is 1.77. The van der Waals surface area contributed by atoms with Crippen LogP contribution in [-0.2, 0) is 4.79 Å². The Balaban J connectivity index is 3.26. The third-order valence-electron chi connectivity index (χ3n) is 0.390. The maximum atomic E-state index is 9.57. The van der Waals surface area contributed by atoms with Crippen molar-refractivity contribution in [1.82, 2.24) is 0 Å². The highest BCUT2D eigenvalue weighted by Gasteiger charge is 1.99. The van der Waals surface area contributed by atoms with Gasteiger partial charge in [-0.05, 0) is 6.92 Å². The molecular formula is C3H7NO2. The Morgan fingerprint density at radius 3 is 2.17 bits per heavy atom. The first kappa shape index (κ1) is 5.43. The summed E-state index contributed by atoms with van der Waals surface area (Å²) in [5.74, 6) is -0.963. The Hall–Kier alpha value is -0.570. The Morgan fingerprint density at radius 2 is 2.17 bits per heavy atom. The fourth-order valence-electron chi connectivity index (χ4n) is 0. The van der Waals surface area contributed by atoms with Crippen LogP contribution in [0, 0.1) is 0 Å². The summed E-state index contributed by atoms with van der Waals surface area (Å²) in [4.78, 5) is 9.57. The molecule has 0 aromatic carbocycles. The Morgan fingerprint density at radius 1 is 2.00 bits per heavy atom.